The molecule has 4 nitrogen and oxygen atoms in total. The van der Waals surface area contributed by atoms with Crippen molar-refractivity contribution < 1.29 is 9.47 Å². The first-order valence-electron chi connectivity index (χ1n) is 10.5. The largest absolute Gasteiger partial charge is 0.497 e. The van der Waals surface area contributed by atoms with Crippen molar-refractivity contribution in [2.45, 2.75) is 13.0 Å². The molecule has 0 fully saturated rings. The summed E-state index contributed by atoms with van der Waals surface area (Å²) in [5, 5.41) is 2.41. The van der Waals surface area contributed by atoms with Gasteiger partial charge in [0.1, 0.15) is 23.9 Å². The fourth-order valence-electron chi connectivity index (χ4n) is 3.95. The van der Waals surface area contributed by atoms with Gasteiger partial charge in [0.05, 0.1) is 24.7 Å². The summed E-state index contributed by atoms with van der Waals surface area (Å²) in [6, 6.07) is 31.0. The molecule has 0 aliphatic carbocycles. The Morgan fingerprint density at radius 2 is 1.52 bits per heavy atom. The van der Waals surface area contributed by atoms with Crippen LogP contribution in [0.3, 0.4) is 0 Å². The molecule has 0 unspecified atom stereocenters. The Kier molecular flexibility index (Phi) is 5.28. The number of aromatic nitrogens is 2. The van der Waals surface area contributed by atoms with Crippen LogP contribution in [0.5, 0.6) is 11.5 Å². The Balaban J connectivity index is 1.36. The fraction of sp³-hybridized carbons (Fsp3) is 0.148. The predicted octanol–water partition coefficient (Wildman–Crippen LogP) is 5.87. The van der Waals surface area contributed by atoms with E-state index in [0.717, 1.165) is 41.3 Å². The van der Waals surface area contributed by atoms with E-state index in [-0.39, 0.29) is 0 Å². The van der Waals surface area contributed by atoms with E-state index in [0.29, 0.717) is 6.61 Å². The molecule has 0 saturated heterocycles. The lowest BCUT2D eigenvalue weighted by atomic mass is 10.1. The third kappa shape index (κ3) is 4.10. The van der Waals surface area contributed by atoms with Crippen molar-refractivity contribution in [3.05, 3.63) is 102 Å². The molecule has 1 heterocycles. The highest BCUT2D eigenvalue weighted by atomic mass is 16.5. The SMILES string of the molecule is COc1ccc(Cc2nc3ccccc3n2CCOc2ccc3ccccc3c2)cc1. The van der Waals surface area contributed by atoms with Crippen LogP contribution in [-0.4, -0.2) is 23.3 Å². The van der Waals surface area contributed by atoms with Crippen molar-refractivity contribution in [2.24, 2.45) is 0 Å². The van der Waals surface area contributed by atoms with Gasteiger partial charge in [-0.1, -0.05) is 54.6 Å². The number of fused-ring (bicyclic) bond motifs is 2. The zero-order chi connectivity index (χ0) is 21.0. The van der Waals surface area contributed by atoms with E-state index in [9.17, 15) is 0 Å². The van der Waals surface area contributed by atoms with E-state index in [1.54, 1.807) is 7.11 Å². The van der Waals surface area contributed by atoms with Gasteiger partial charge >= 0.3 is 0 Å². The number of rotatable bonds is 7. The topological polar surface area (TPSA) is 36.3 Å². The first kappa shape index (κ1) is 19.2. The summed E-state index contributed by atoms with van der Waals surface area (Å²) in [4.78, 5) is 4.89. The van der Waals surface area contributed by atoms with E-state index in [1.807, 2.05) is 24.3 Å². The lowest BCUT2D eigenvalue weighted by molar-refractivity contribution is 0.299. The second kappa shape index (κ2) is 8.52. The highest BCUT2D eigenvalue weighted by molar-refractivity contribution is 5.83. The van der Waals surface area contributed by atoms with Crippen LogP contribution in [0, 0.1) is 0 Å². The van der Waals surface area contributed by atoms with Gasteiger partial charge in [0, 0.05) is 6.42 Å². The average Bonchev–Trinajstić information content (AvgIpc) is 3.16. The smallest absolute Gasteiger partial charge is 0.120 e. The van der Waals surface area contributed by atoms with Gasteiger partial charge in [-0.2, -0.15) is 0 Å². The number of nitrogens with zero attached hydrogens (tertiary/aromatic N) is 2. The monoisotopic (exact) mass is 408 g/mol. The first-order valence-corrected chi connectivity index (χ1v) is 10.5. The molecular formula is C27H24N2O2. The van der Waals surface area contributed by atoms with Crippen molar-refractivity contribution in [2.75, 3.05) is 13.7 Å². The summed E-state index contributed by atoms with van der Waals surface area (Å²) in [7, 11) is 1.68. The van der Waals surface area contributed by atoms with Gasteiger partial charge in [-0.05, 0) is 52.7 Å². The fourth-order valence-corrected chi connectivity index (χ4v) is 3.95. The summed E-state index contributed by atoms with van der Waals surface area (Å²) in [6.07, 6.45) is 0.759. The molecule has 0 aliphatic rings. The summed E-state index contributed by atoms with van der Waals surface area (Å²) in [5.41, 5.74) is 3.35. The second-order valence-electron chi connectivity index (χ2n) is 7.55. The number of para-hydroxylation sites is 2. The standard InChI is InChI=1S/C27H24N2O2/c1-30-23-13-10-20(11-14-23)18-27-28-25-8-4-5-9-26(25)29(27)16-17-31-24-15-12-21-6-2-3-7-22(21)19-24/h2-15,19H,16-18H2,1H3. The van der Waals surface area contributed by atoms with Crippen molar-refractivity contribution in [1.82, 2.24) is 9.55 Å². The van der Waals surface area contributed by atoms with Crippen LogP contribution >= 0.6 is 0 Å². The van der Waals surface area contributed by atoms with Crippen LogP contribution in [0.4, 0.5) is 0 Å². The quantitative estimate of drug-likeness (QED) is 0.338. The molecule has 5 rings (SSSR count). The maximum absolute atomic E-state index is 6.11. The number of methoxy groups -OCH3 is 1. The summed E-state index contributed by atoms with van der Waals surface area (Å²) in [6.45, 7) is 1.31. The maximum atomic E-state index is 6.11. The van der Waals surface area contributed by atoms with E-state index < -0.39 is 0 Å². The lowest BCUT2D eigenvalue weighted by Crippen LogP contribution is -2.11. The van der Waals surface area contributed by atoms with Crippen LogP contribution < -0.4 is 9.47 Å². The Hall–Kier alpha value is -3.79. The molecule has 0 N–H and O–H groups in total. The second-order valence-corrected chi connectivity index (χ2v) is 7.55. The molecule has 31 heavy (non-hydrogen) atoms. The Morgan fingerprint density at radius 1 is 0.774 bits per heavy atom. The Labute approximate surface area is 181 Å². The first-order chi connectivity index (χ1) is 15.3. The van der Waals surface area contributed by atoms with Crippen LogP contribution in [0.1, 0.15) is 11.4 Å². The molecule has 0 aliphatic heterocycles. The third-order valence-corrected chi connectivity index (χ3v) is 5.56. The van der Waals surface area contributed by atoms with E-state index in [1.165, 1.54) is 16.3 Å². The van der Waals surface area contributed by atoms with Crippen LogP contribution in [0.2, 0.25) is 0 Å². The minimum atomic E-state index is 0.578. The summed E-state index contributed by atoms with van der Waals surface area (Å²) >= 11 is 0. The molecule has 0 radical (unpaired) electrons. The Morgan fingerprint density at radius 3 is 2.35 bits per heavy atom. The van der Waals surface area contributed by atoms with Gasteiger partial charge in [0.2, 0.25) is 0 Å². The molecule has 0 bridgehead atoms. The number of benzene rings is 4. The Bertz CT molecular complexity index is 1320. The lowest BCUT2D eigenvalue weighted by Gasteiger charge is -2.12. The molecule has 0 atom stereocenters. The highest BCUT2D eigenvalue weighted by Crippen LogP contribution is 2.22. The van der Waals surface area contributed by atoms with Gasteiger partial charge in [0.25, 0.3) is 0 Å². The molecular weight excluding hydrogens is 384 g/mol. The van der Waals surface area contributed by atoms with E-state index >= 15 is 0 Å². The molecule has 0 saturated carbocycles. The summed E-state index contributed by atoms with van der Waals surface area (Å²) in [5.74, 6) is 2.79. The molecule has 1 aromatic heterocycles. The number of hydrogen-bond donors (Lipinski definition) is 0. The third-order valence-electron chi connectivity index (χ3n) is 5.56. The predicted molar refractivity (Wildman–Crippen MR) is 125 cm³/mol. The zero-order valence-electron chi connectivity index (χ0n) is 17.5. The van der Waals surface area contributed by atoms with Gasteiger partial charge in [-0.25, -0.2) is 4.98 Å². The number of hydrogen-bond acceptors (Lipinski definition) is 3. The number of ether oxygens (including phenoxy) is 2. The average molecular weight is 409 g/mol. The van der Waals surface area contributed by atoms with Gasteiger partial charge in [-0.3, -0.25) is 0 Å². The van der Waals surface area contributed by atoms with Crippen molar-refractivity contribution in [3.8, 4) is 11.5 Å². The van der Waals surface area contributed by atoms with Crippen LogP contribution in [-0.2, 0) is 13.0 Å². The minimum Gasteiger partial charge on any atom is -0.497 e. The normalized spacial score (nSPS) is 11.1. The van der Waals surface area contributed by atoms with Gasteiger partial charge in [-0.15, -0.1) is 0 Å². The molecule has 4 heteroatoms. The van der Waals surface area contributed by atoms with Crippen LogP contribution in [0.25, 0.3) is 21.8 Å². The van der Waals surface area contributed by atoms with Gasteiger partial charge in [0.15, 0.2) is 0 Å². The van der Waals surface area contributed by atoms with Crippen molar-refractivity contribution >= 4 is 21.8 Å². The minimum absolute atomic E-state index is 0.578. The molecule has 0 spiro atoms. The zero-order valence-corrected chi connectivity index (χ0v) is 17.5. The van der Waals surface area contributed by atoms with E-state index in [2.05, 4.69) is 71.3 Å². The van der Waals surface area contributed by atoms with Gasteiger partial charge < -0.3 is 14.0 Å². The number of imidazole rings is 1. The summed E-state index contributed by atoms with van der Waals surface area (Å²) < 4.78 is 13.6. The molecule has 0 amide bonds. The van der Waals surface area contributed by atoms with Crippen molar-refractivity contribution in [1.29, 1.82) is 0 Å². The van der Waals surface area contributed by atoms with E-state index in [4.69, 9.17) is 14.5 Å². The molecule has 4 aromatic carbocycles. The molecule has 5 aromatic rings. The molecule has 154 valence electrons. The maximum Gasteiger partial charge on any atom is 0.120 e. The van der Waals surface area contributed by atoms with Crippen molar-refractivity contribution in [3.63, 3.8) is 0 Å². The van der Waals surface area contributed by atoms with Crippen LogP contribution in [0.15, 0.2) is 91.0 Å². The highest BCUT2D eigenvalue weighted by Gasteiger charge is 2.11.